The molecule has 6 nitrogen and oxygen atoms in total. The molecule has 3 heterocycles. The van der Waals surface area contributed by atoms with Gasteiger partial charge in [-0.2, -0.15) is 5.10 Å². The van der Waals surface area contributed by atoms with Crippen LogP contribution in [0.25, 0.3) is 33.1 Å². The number of hydrogen-bond acceptors (Lipinski definition) is 4. The van der Waals surface area contributed by atoms with Crippen LogP contribution in [0, 0.1) is 0 Å². The summed E-state index contributed by atoms with van der Waals surface area (Å²) in [4.78, 5) is 9.37. The molecular weight excluding hydrogens is 396 g/mol. The normalized spacial score (nSPS) is 11.6. The Morgan fingerprint density at radius 3 is 2.57 bits per heavy atom. The number of rotatable bonds is 3. The van der Waals surface area contributed by atoms with Crippen molar-refractivity contribution in [2.24, 2.45) is 0 Å². The van der Waals surface area contributed by atoms with Crippen molar-refractivity contribution in [2.75, 3.05) is 0 Å². The number of aromatic nitrogens is 6. The lowest BCUT2D eigenvalue weighted by Gasteiger charge is -2.03. The molecule has 0 N–H and O–H groups in total. The summed E-state index contributed by atoms with van der Waals surface area (Å²) in [6.07, 6.45) is 4.11. The van der Waals surface area contributed by atoms with Crippen molar-refractivity contribution in [3.63, 3.8) is 0 Å². The fourth-order valence-corrected chi connectivity index (χ4v) is 3.95. The fraction of sp³-hybridized carbons (Fsp3) is 0.0435. The SMILES string of the molecule is Clc1ccc(-n2ncc3c2ncn2nc(Cc4cccc5ccccc45)nc32)cc1. The summed E-state index contributed by atoms with van der Waals surface area (Å²) in [7, 11) is 0. The molecule has 6 rings (SSSR count). The zero-order valence-electron chi connectivity index (χ0n) is 15.8. The van der Waals surface area contributed by atoms with Crippen LogP contribution in [0.4, 0.5) is 0 Å². The Hall–Kier alpha value is -3.77. The summed E-state index contributed by atoms with van der Waals surface area (Å²) in [6, 6.07) is 22.2. The van der Waals surface area contributed by atoms with E-state index in [0.29, 0.717) is 11.4 Å². The van der Waals surface area contributed by atoms with E-state index in [0.717, 1.165) is 28.2 Å². The third-order valence-electron chi connectivity index (χ3n) is 5.25. The molecule has 6 aromatic rings. The summed E-state index contributed by atoms with van der Waals surface area (Å²) < 4.78 is 3.50. The molecule has 0 bridgehead atoms. The number of fused-ring (bicyclic) bond motifs is 4. The number of hydrogen-bond donors (Lipinski definition) is 0. The lowest BCUT2D eigenvalue weighted by molar-refractivity contribution is 0.866. The zero-order chi connectivity index (χ0) is 20.1. The minimum absolute atomic E-state index is 0.649. The van der Waals surface area contributed by atoms with Crippen LogP contribution in [-0.4, -0.2) is 29.4 Å². The summed E-state index contributed by atoms with van der Waals surface area (Å²) in [5.41, 5.74) is 3.57. The molecule has 3 aromatic heterocycles. The van der Waals surface area contributed by atoms with Gasteiger partial charge in [-0.05, 0) is 40.6 Å². The lowest BCUT2D eigenvalue weighted by Crippen LogP contribution is -1.98. The van der Waals surface area contributed by atoms with Gasteiger partial charge in [0.15, 0.2) is 17.1 Å². The van der Waals surface area contributed by atoms with Crippen molar-refractivity contribution in [1.82, 2.24) is 29.4 Å². The first-order valence-corrected chi connectivity index (χ1v) is 9.95. The van der Waals surface area contributed by atoms with Crippen molar-refractivity contribution in [2.45, 2.75) is 6.42 Å². The van der Waals surface area contributed by atoms with E-state index in [-0.39, 0.29) is 0 Å². The molecular formula is C23H15ClN6. The van der Waals surface area contributed by atoms with E-state index in [9.17, 15) is 0 Å². The molecule has 0 saturated carbocycles. The Kier molecular flexibility index (Phi) is 3.79. The van der Waals surface area contributed by atoms with Gasteiger partial charge in [-0.15, -0.1) is 5.10 Å². The molecule has 144 valence electrons. The van der Waals surface area contributed by atoms with Crippen molar-refractivity contribution >= 4 is 39.1 Å². The van der Waals surface area contributed by atoms with Gasteiger partial charge in [0.1, 0.15) is 6.33 Å². The van der Waals surface area contributed by atoms with E-state index < -0.39 is 0 Å². The summed E-state index contributed by atoms with van der Waals surface area (Å²) in [5.74, 6) is 0.750. The van der Waals surface area contributed by atoms with Gasteiger partial charge in [-0.3, -0.25) is 0 Å². The summed E-state index contributed by atoms with van der Waals surface area (Å²) >= 11 is 6.01. The Morgan fingerprint density at radius 1 is 0.833 bits per heavy atom. The van der Waals surface area contributed by atoms with Crippen LogP contribution in [0.5, 0.6) is 0 Å². The van der Waals surface area contributed by atoms with Crippen LogP contribution < -0.4 is 0 Å². The van der Waals surface area contributed by atoms with E-state index in [1.807, 2.05) is 24.3 Å². The molecule has 0 radical (unpaired) electrons. The van der Waals surface area contributed by atoms with Crippen LogP contribution in [0.1, 0.15) is 11.4 Å². The summed E-state index contributed by atoms with van der Waals surface area (Å²) in [5, 5.41) is 13.1. The van der Waals surface area contributed by atoms with Gasteiger partial charge in [0, 0.05) is 11.4 Å². The van der Waals surface area contributed by atoms with Crippen molar-refractivity contribution in [3.8, 4) is 5.69 Å². The predicted molar refractivity (Wildman–Crippen MR) is 117 cm³/mol. The average molecular weight is 411 g/mol. The van der Waals surface area contributed by atoms with Crippen molar-refractivity contribution < 1.29 is 0 Å². The van der Waals surface area contributed by atoms with Crippen molar-refractivity contribution in [1.29, 1.82) is 0 Å². The molecule has 0 spiro atoms. The quantitative estimate of drug-likeness (QED) is 0.418. The Labute approximate surface area is 176 Å². The molecule has 0 aliphatic rings. The van der Waals surface area contributed by atoms with Crippen LogP contribution >= 0.6 is 11.6 Å². The molecule has 3 aromatic carbocycles. The topological polar surface area (TPSA) is 60.9 Å². The lowest BCUT2D eigenvalue weighted by atomic mass is 10.0. The van der Waals surface area contributed by atoms with Gasteiger partial charge < -0.3 is 0 Å². The molecule has 0 aliphatic heterocycles. The highest BCUT2D eigenvalue weighted by Crippen LogP contribution is 2.23. The predicted octanol–water partition coefficient (Wildman–Crippen LogP) is 4.86. The second kappa shape index (κ2) is 6.64. The zero-order valence-corrected chi connectivity index (χ0v) is 16.5. The van der Waals surface area contributed by atoms with Gasteiger partial charge in [-0.25, -0.2) is 19.2 Å². The minimum atomic E-state index is 0.649. The summed E-state index contributed by atoms with van der Waals surface area (Å²) in [6.45, 7) is 0. The monoisotopic (exact) mass is 410 g/mol. The van der Waals surface area contributed by atoms with Crippen molar-refractivity contribution in [3.05, 3.63) is 95.7 Å². The number of halogens is 1. The maximum Gasteiger partial charge on any atom is 0.170 e. The van der Waals surface area contributed by atoms with Crippen LogP contribution in [-0.2, 0) is 6.42 Å². The molecule has 0 atom stereocenters. The Balaban J connectivity index is 1.45. The Bertz CT molecular complexity index is 1530. The molecule has 0 fully saturated rings. The highest BCUT2D eigenvalue weighted by Gasteiger charge is 2.14. The second-order valence-corrected chi connectivity index (χ2v) is 7.56. The van der Waals surface area contributed by atoms with Gasteiger partial charge in [0.25, 0.3) is 0 Å². The van der Waals surface area contributed by atoms with Crippen LogP contribution in [0.15, 0.2) is 79.3 Å². The molecule has 0 amide bonds. The number of nitrogens with zero attached hydrogens (tertiary/aromatic N) is 6. The molecule has 7 heteroatoms. The molecule has 0 saturated heterocycles. The second-order valence-electron chi connectivity index (χ2n) is 7.13. The molecule has 30 heavy (non-hydrogen) atoms. The maximum absolute atomic E-state index is 6.01. The molecule has 0 unspecified atom stereocenters. The van der Waals surface area contributed by atoms with E-state index in [2.05, 4.69) is 57.6 Å². The largest absolute Gasteiger partial charge is 0.216 e. The van der Waals surface area contributed by atoms with E-state index >= 15 is 0 Å². The smallest absolute Gasteiger partial charge is 0.170 e. The Morgan fingerprint density at radius 2 is 1.67 bits per heavy atom. The van der Waals surface area contributed by atoms with Crippen LogP contribution in [0.3, 0.4) is 0 Å². The van der Waals surface area contributed by atoms with Gasteiger partial charge in [-0.1, -0.05) is 54.1 Å². The highest BCUT2D eigenvalue weighted by molar-refractivity contribution is 6.30. The van der Waals surface area contributed by atoms with Gasteiger partial charge in [0.2, 0.25) is 0 Å². The fourth-order valence-electron chi connectivity index (χ4n) is 3.83. The van der Waals surface area contributed by atoms with Crippen LogP contribution in [0.2, 0.25) is 5.02 Å². The maximum atomic E-state index is 6.01. The first-order valence-electron chi connectivity index (χ1n) is 9.57. The van der Waals surface area contributed by atoms with Gasteiger partial charge in [0.05, 0.1) is 17.3 Å². The van der Waals surface area contributed by atoms with Gasteiger partial charge >= 0.3 is 0 Å². The van der Waals surface area contributed by atoms with E-state index in [4.69, 9.17) is 16.6 Å². The highest BCUT2D eigenvalue weighted by atomic mass is 35.5. The molecule has 0 aliphatic carbocycles. The average Bonchev–Trinajstić information content (AvgIpc) is 3.38. The minimum Gasteiger partial charge on any atom is -0.216 e. The standard InChI is InChI=1S/C23H15ClN6/c24-17-8-10-18(11-9-17)30-22-20(13-26-30)23-27-21(28-29(23)14-25-22)12-16-6-3-5-15-4-1-2-7-19(15)16/h1-11,13-14H,12H2. The third-order valence-corrected chi connectivity index (χ3v) is 5.50. The first-order chi connectivity index (χ1) is 14.8. The third kappa shape index (κ3) is 2.73. The number of benzene rings is 3. The van der Waals surface area contributed by atoms with E-state index in [1.165, 1.54) is 16.3 Å². The van der Waals surface area contributed by atoms with E-state index in [1.54, 1.807) is 21.7 Å². The first kappa shape index (κ1) is 17.1.